The van der Waals surface area contributed by atoms with Crippen LogP contribution in [-0.4, -0.2) is 44.6 Å². The molecule has 4 heteroatoms. The van der Waals surface area contributed by atoms with E-state index in [1.165, 1.54) is 64.2 Å². The van der Waals surface area contributed by atoms with E-state index in [4.69, 9.17) is 15.2 Å². The van der Waals surface area contributed by atoms with Gasteiger partial charge in [0.2, 0.25) is 0 Å². The van der Waals surface area contributed by atoms with Crippen molar-refractivity contribution >= 4 is 0 Å². The molecule has 0 bridgehead atoms. The van der Waals surface area contributed by atoms with E-state index in [-0.39, 0.29) is 12.2 Å². The Labute approximate surface area is 150 Å². The Morgan fingerprint density at radius 2 is 1.71 bits per heavy atom. The second kappa shape index (κ2) is 15.1. The molecule has 0 amide bonds. The van der Waals surface area contributed by atoms with E-state index >= 15 is 0 Å². The van der Waals surface area contributed by atoms with E-state index < -0.39 is 0 Å². The fourth-order valence-corrected chi connectivity index (χ4v) is 3.38. The molecule has 0 saturated carbocycles. The average molecular weight is 343 g/mol. The highest BCUT2D eigenvalue weighted by Crippen LogP contribution is 2.23. The summed E-state index contributed by atoms with van der Waals surface area (Å²) in [4.78, 5) is 0. The van der Waals surface area contributed by atoms with Gasteiger partial charge in [0.15, 0.2) is 0 Å². The van der Waals surface area contributed by atoms with E-state index in [9.17, 15) is 0 Å². The minimum atomic E-state index is 0.230. The van der Waals surface area contributed by atoms with Crippen LogP contribution in [0.1, 0.15) is 84.5 Å². The van der Waals surface area contributed by atoms with Crippen molar-refractivity contribution in [2.75, 3.05) is 26.2 Å². The molecule has 0 aromatic rings. The predicted molar refractivity (Wildman–Crippen MR) is 102 cm³/mol. The molecule has 0 spiro atoms. The summed E-state index contributed by atoms with van der Waals surface area (Å²) >= 11 is 0. The van der Waals surface area contributed by atoms with Gasteiger partial charge in [-0.05, 0) is 39.3 Å². The molecular weight excluding hydrogens is 300 g/mol. The molecule has 0 unspecified atom stereocenters. The van der Waals surface area contributed by atoms with Gasteiger partial charge in [0.05, 0.1) is 18.3 Å². The molecule has 1 rings (SSSR count). The van der Waals surface area contributed by atoms with E-state index in [0.717, 1.165) is 32.7 Å². The highest BCUT2D eigenvalue weighted by molar-refractivity contribution is 4.83. The largest absolute Gasteiger partial charge is 0.375 e. The van der Waals surface area contributed by atoms with E-state index in [2.05, 4.69) is 19.2 Å². The molecule has 1 fully saturated rings. The molecule has 1 saturated heterocycles. The second-order valence-corrected chi connectivity index (χ2v) is 7.30. The van der Waals surface area contributed by atoms with E-state index in [1.807, 2.05) is 0 Å². The molecule has 4 nitrogen and oxygen atoms in total. The first-order valence-corrected chi connectivity index (χ1v) is 10.5. The monoisotopic (exact) mass is 342 g/mol. The summed E-state index contributed by atoms with van der Waals surface area (Å²) in [6.07, 6.45) is 14.6. The van der Waals surface area contributed by atoms with Crippen LogP contribution < -0.4 is 11.1 Å². The Morgan fingerprint density at radius 1 is 1.00 bits per heavy atom. The number of hydrogen-bond donors (Lipinski definition) is 2. The molecular formula is C20H42N2O2. The van der Waals surface area contributed by atoms with Gasteiger partial charge in [0.25, 0.3) is 0 Å². The van der Waals surface area contributed by atoms with Gasteiger partial charge in [-0.15, -0.1) is 0 Å². The van der Waals surface area contributed by atoms with Crippen LogP contribution in [-0.2, 0) is 9.47 Å². The fourth-order valence-electron chi connectivity index (χ4n) is 3.38. The molecule has 3 atom stereocenters. The van der Waals surface area contributed by atoms with Gasteiger partial charge in [-0.3, -0.25) is 0 Å². The molecule has 0 aromatic heterocycles. The zero-order valence-electron chi connectivity index (χ0n) is 16.2. The highest BCUT2D eigenvalue weighted by Gasteiger charge is 2.33. The maximum Gasteiger partial charge on any atom is 0.0965 e. The summed E-state index contributed by atoms with van der Waals surface area (Å²) in [6.45, 7) is 8.15. The number of unbranched alkanes of at least 4 members (excludes halogenated alkanes) is 8. The normalized spacial score (nSPS) is 23.9. The predicted octanol–water partition coefficient (Wildman–Crippen LogP) is 4.02. The van der Waals surface area contributed by atoms with Gasteiger partial charge in [-0.1, -0.05) is 51.9 Å². The lowest BCUT2D eigenvalue weighted by Crippen LogP contribution is -2.36. The Bertz CT molecular complexity index is 276. The summed E-state index contributed by atoms with van der Waals surface area (Å²) in [5.74, 6) is 0. The van der Waals surface area contributed by atoms with Crippen molar-refractivity contribution in [1.82, 2.24) is 5.32 Å². The number of nitrogens with two attached hydrogens (primary N) is 1. The maximum absolute atomic E-state index is 6.11. The third kappa shape index (κ3) is 10.7. The molecule has 144 valence electrons. The Balaban J connectivity index is 2.03. The lowest BCUT2D eigenvalue weighted by atomic mass is 10.1. The standard InChI is InChI=1S/C20H42N2O2/c1-3-4-5-9-12-15-23-19-16-18(2)24-20(19)17-22-14-11-8-6-7-10-13-21/h18-20,22H,3-17,21H2,1-2H3/t18-,19-,20-/m1/s1. The molecule has 1 aliphatic heterocycles. The third-order valence-electron chi connectivity index (χ3n) is 4.87. The molecule has 0 aliphatic carbocycles. The Morgan fingerprint density at radius 3 is 2.50 bits per heavy atom. The van der Waals surface area contributed by atoms with E-state index in [1.54, 1.807) is 0 Å². The first kappa shape index (κ1) is 21.9. The van der Waals surface area contributed by atoms with Crippen LogP contribution in [0.15, 0.2) is 0 Å². The van der Waals surface area contributed by atoms with Gasteiger partial charge in [-0.2, -0.15) is 0 Å². The van der Waals surface area contributed by atoms with Crippen molar-refractivity contribution in [3.8, 4) is 0 Å². The SMILES string of the molecule is CCCCCCCO[C@@H]1C[C@@H](C)O[C@@H]1CNCCCCCCCN. The van der Waals surface area contributed by atoms with Crippen LogP contribution >= 0.6 is 0 Å². The van der Waals surface area contributed by atoms with Crippen molar-refractivity contribution in [3.05, 3.63) is 0 Å². The van der Waals surface area contributed by atoms with Crippen molar-refractivity contribution in [3.63, 3.8) is 0 Å². The lowest BCUT2D eigenvalue weighted by molar-refractivity contribution is -0.0195. The first-order valence-electron chi connectivity index (χ1n) is 10.5. The molecule has 1 heterocycles. The molecule has 0 radical (unpaired) electrons. The minimum absolute atomic E-state index is 0.230. The van der Waals surface area contributed by atoms with Gasteiger partial charge >= 0.3 is 0 Å². The summed E-state index contributed by atoms with van der Waals surface area (Å²) in [7, 11) is 0. The fraction of sp³-hybridized carbons (Fsp3) is 1.00. The van der Waals surface area contributed by atoms with E-state index in [0.29, 0.717) is 6.10 Å². The first-order chi connectivity index (χ1) is 11.8. The summed E-state index contributed by atoms with van der Waals surface area (Å²) in [5.41, 5.74) is 5.51. The van der Waals surface area contributed by atoms with Crippen molar-refractivity contribution in [2.24, 2.45) is 5.73 Å². The van der Waals surface area contributed by atoms with Gasteiger partial charge < -0.3 is 20.5 Å². The maximum atomic E-state index is 6.11. The number of hydrogen-bond acceptors (Lipinski definition) is 4. The average Bonchev–Trinajstić information content (AvgIpc) is 2.93. The Hall–Kier alpha value is -0.160. The van der Waals surface area contributed by atoms with Gasteiger partial charge in [0.1, 0.15) is 0 Å². The summed E-state index contributed by atoms with van der Waals surface area (Å²) in [6, 6.07) is 0. The zero-order chi connectivity index (χ0) is 17.5. The highest BCUT2D eigenvalue weighted by atomic mass is 16.6. The van der Waals surface area contributed by atoms with Gasteiger partial charge in [0, 0.05) is 19.6 Å². The van der Waals surface area contributed by atoms with Crippen molar-refractivity contribution in [2.45, 2.75) is 103 Å². The van der Waals surface area contributed by atoms with Crippen LogP contribution in [0.25, 0.3) is 0 Å². The summed E-state index contributed by atoms with van der Waals surface area (Å²) in [5, 5.41) is 3.56. The molecule has 1 aliphatic rings. The quantitative estimate of drug-likeness (QED) is 0.416. The molecule has 3 N–H and O–H groups in total. The third-order valence-corrected chi connectivity index (χ3v) is 4.87. The topological polar surface area (TPSA) is 56.5 Å². The van der Waals surface area contributed by atoms with Crippen LogP contribution in [0.3, 0.4) is 0 Å². The molecule has 0 aromatic carbocycles. The van der Waals surface area contributed by atoms with Crippen LogP contribution in [0, 0.1) is 0 Å². The zero-order valence-corrected chi connectivity index (χ0v) is 16.2. The summed E-state index contributed by atoms with van der Waals surface area (Å²) < 4.78 is 12.1. The van der Waals surface area contributed by atoms with Crippen molar-refractivity contribution < 1.29 is 9.47 Å². The van der Waals surface area contributed by atoms with Crippen LogP contribution in [0.5, 0.6) is 0 Å². The Kier molecular flexibility index (Phi) is 13.8. The van der Waals surface area contributed by atoms with Crippen LogP contribution in [0.4, 0.5) is 0 Å². The number of ether oxygens (including phenoxy) is 2. The molecule has 24 heavy (non-hydrogen) atoms. The second-order valence-electron chi connectivity index (χ2n) is 7.30. The van der Waals surface area contributed by atoms with Crippen LogP contribution in [0.2, 0.25) is 0 Å². The van der Waals surface area contributed by atoms with Crippen molar-refractivity contribution in [1.29, 1.82) is 0 Å². The lowest BCUT2D eigenvalue weighted by Gasteiger charge is -2.19. The number of nitrogens with one attached hydrogen (secondary N) is 1. The smallest absolute Gasteiger partial charge is 0.0965 e. The van der Waals surface area contributed by atoms with Gasteiger partial charge in [-0.25, -0.2) is 0 Å². The minimum Gasteiger partial charge on any atom is -0.375 e. The number of rotatable bonds is 16.